The van der Waals surface area contributed by atoms with Crippen LogP contribution in [0.1, 0.15) is 36.5 Å². The Morgan fingerprint density at radius 3 is 2.52 bits per heavy atom. The molecule has 112 valence electrons. The van der Waals surface area contributed by atoms with Gasteiger partial charge in [0.1, 0.15) is 11.5 Å². The van der Waals surface area contributed by atoms with Gasteiger partial charge in [0.05, 0.1) is 0 Å². The van der Waals surface area contributed by atoms with Crippen molar-refractivity contribution in [3.63, 3.8) is 0 Å². The summed E-state index contributed by atoms with van der Waals surface area (Å²) in [6.45, 7) is 7.11. The van der Waals surface area contributed by atoms with E-state index in [9.17, 15) is 0 Å². The minimum atomic E-state index is 0.412. The van der Waals surface area contributed by atoms with Crippen molar-refractivity contribution in [2.75, 3.05) is 6.54 Å². The highest BCUT2D eigenvalue weighted by atomic mass is 79.9. The zero-order chi connectivity index (χ0) is 15.4. The first-order chi connectivity index (χ1) is 10.0. The average molecular weight is 348 g/mol. The van der Waals surface area contributed by atoms with Gasteiger partial charge >= 0.3 is 0 Å². The minimum Gasteiger partial charge on any atom is -0.457 e. The molecule has 2 aromatic carbocycles. The zero-order valence-electron chi connectivity index (χ0n) is 12.8. The molecule has 21 heavy (non-hydrogen) atoms. The standard InChI is InChI=1S/C18H22BrNO/c1-12(2)17-11-15(19)5-7-18(17)21-16-6-4-14(8-9-20)13(3)10-16/h4-7,10-12H,8-9,20H2,1-3H3. The Morgan fingerprint density at radius 2 is 1.90 bits per heavy atom. The molecular formula is C18H22BrNO. The number of hydrogen-bond acceptors (Lipinski definition) is 2. The molecule has 0 atom stereocenters. The molecular weight excluding hydrogens is 326 g/mol. The first-order valence-electron chi connectivity index (χ1n) is 7.28. The second-order valence-electron chi connectivity index (χ2n) is 5.57. The van der Waals surface area contributed by atoms with Gasteiger partial charge in [0.2, 0.25) is 0 Å². The Kier molecular flexibility index (Phi) is 5.43. The highest BCUT2D eigenvalue weighted by Crippen LogP contribution is 2.33. The lowest BCUT2D eigenvalue weighted by Gasteiger charge is -2.15. The fourth-order valence-corrected chi connectivity index (χ4v) is 2.74. The molecule has 3 heteroatoms. The van der Waals surface area contributed by atoms with Crippen molar-refractivity contribution in [3.8, 4) is 11.5 Å². The van der Waals surface area contributed by atoms with E-state index >= 15 is 0 Å². The summed E-state index contributed by atoms with van der Waals surface area (Å²) < 4.78 is 7.16. The second kappa shape index (κ2) is 7.10. The van der Waals surface area contributed by atoms with Crippen LogP contribution in [0, 0.1) is 6.92 Å². The van der Waals surface area contributed by atoms with Crippen molar-refractivity contribution in [1.29, 1.82) is 0 Å². The smallest absolute Gasteiger partial charge is 0.130 e. The molecule has 0 radical (unpaired) electrons. The van der Waals surface area contributed by atoms with Crippen molar-refractivity contribution >= 4 is 15.9 Å². The van der Waals surface area contributed by atoms with Crippen LogP contribution in [-0.2, 0) is 6.42 Å². The normalized spacial score (nSPS) is 11.0. The van der Waals surface area contributed by atoms with E-state index in [2.05, 4.69) is 54.9 Å². The fraction of sp³-hybridized carbons (Fsp3) is 0.333. The summed E-state index contributed by atoms with van der Waals surface area (Å²) in [6.07, 6.45) is 0.904. The maximum Gasteiger partial charge on any atom is 0.130 e. The lowest BCUT2D eigenvalue weighted by Crippen LogP contribution is -2.04. The van der Waals surface area contributed by atoms with E-state index in [4.69, 9.17) is 10.5 Å². The van der Waals surface area contributed by atoms with Crippen molar-refractivity contribution in [2.24, 2.45) is 5.73 Å². The molecule has 2 nitrogen and oxygen atoms in total. The third kappa shape index (κ3) is 4.08. The minimum absolute atomic E-state index is 0.412. The van der Waals surface area contributed by atoms with Crippen LogP contribution in [0.3, 0.4) is 0 Å². The zero-order valence-corrected chi connectivity index (χ0v) is 14.4. The molecule has 2 N–H and O–H groups in total. The molecule has 0 fully saturated rings. The van der Waals surface area contributed by atoms with Gasteiger partial charge in [-0.2, -0.15) is 0 Å². The van der Waals surface area contributed by atoms with Gasteiger partial charge in [0.15, 0.2) is 0 Å². The summed E-state index contributed by atoms with van der Waals surface area (Å²) in [7, 11) is 0. The number of hydrogen-bond donors (Lipinski definition) is 1. The highest BCUT2D eigenvalue weighted by Gasteiger charge is 2.10. The number of aryl methyl sites for hydroxylation is 1. The van der Waals surface area contributed by atoms with Gasteiger partial charge < -0.3 is 10.5 Å². The predicted molar refractivity (Wildman–Crippen MR) is 92.2 cm³/mol. The van der Waals surface area contributed by atoms with Crippen LogP contribution >= 0.6 is 15.9 Å². The quantitative estimate of drug-likeness (QED) is 0.809. The molecule has 0 saturated heterocycles. The molecule has 0 bridgehead atoms. The first-order valence-corrected chi connectivity index (χ1v) is 8.07. The van der Waals surface area contributed by atoms with Crippen molar-refractivity contribution < 1.29 is 4.74 Å². The maximum atomic E-state index is 6.09. The van der Waals surface area contributed by atoms with Crippen LogP contribution in [0.5, 0.6) is 11.5 Å². The van der Waals surface area contributed by atoms with Gasteiger partial charge in [-0.1, -0.05) is 35.8 Å². The fourth-order valence-electron chi connectivity index (χ4n) is 2.36. The molecule has 0 unspecified atom stereocenters. The summed E-state index contributed by atoms with van der Waals surface area (Å²) in [4.78, 5) is 0. The number of rotatable bonds is 5. The van der Waals surface area contributed by atoms with Gasteiger partial charge in [0.25, 0.3) is 0 Å². The Hall–Kier alpha value is -1.32. The summed E-state index contributed by atoms with van der Waals surface area (Å²) in [5.41, 5.74) is 9.33. The third-order valence-electron chi connectivity index (χ3n) is 3.55. The summed E-state index contributed by atoms with van der Waals surface area (Å²) in [5.74, 6) is 2.20. The van der Waals surface area contributed by atoms with Crippen LogP contribution in [0.25, 0.3) is 0 Å². The van der Waals surface area contributed by atoms with E-state index in [1.54, 1.807) is 0 Å². The molecule has 0 aliphatic carbocycles. The Bertz CT molecular complexity index is 623. The number of ether oxygens (including phenoxy) is 1. The summed E-state index contributed by atoms with van der Waals surface area (Å²) in [6, 6.07) is 12.3. The Morgan fingerprint density at radius 1 is 1.14 bits per heavy atom. The van der Waals surface area contributed by atoms with Gasteiger partial charge in [-0.05, 0) is 72.8 Å². The van der Waals surface area contributed by atoms with Gasteiger partial charge in [-0.3, -0.25) is 0 Å². The first kappa shape index (κ1) is 16.1. The third-order valence-corrected chi connectivity index (χ3v) is 4.04. The summed E-state index contributed by atoms with van der Waals surface area (Å²) in [5, 5.41) is 0. The molecule has 2 aromatic rings. The lowest BCUT2D eigenvalue weighted by molar-refractivity contribution is 0.472. The largest absolute Gasteiger partial charge is 0.457 e. The molecule has 0 amide bonds. The van der Waals surface area contributed by atoms with E-state index in [-0.39, 0.29) is 0 Å². The van der Waals surface area contributed by atoms with Gasteiger partial charge in [0, 0.05) is 4.47 Å². The molecule has 0 heterocycles. The van der Waals surface area contributed by atoms with Crippen LogP contribution in [0.4, 0.5) is 0 Å². The molecule has 0 aliphatic heterocycles. The number of benzene rings is 2. The van der Waals surface area contributed by atoms with E-state index < -0.39 is 0 Å². The molecule has 2 rings (SSSR count). The molecule has 0 aliphatic rings. The Labute approximate surface area is 135 Å². The maximum absolute atomic E-state index is 6.09. The van der Waals surface area contributed by atoms with Crippen LogP contribution < -0.4 is 10.5 Å². The van der Waals surface area contributed by atoms with E-state index in [0.717, 1.165) is 22.4 Å². The monoisotopic (exact) mass is 347 g/mol. The highest BCUT2D eigenvalue weighted by molar-refractivity contribution is 9.10. The SMILES string of the molecule is Cc1cc(Oc2ccc(Br)cc2C(C)C)ccc1CCN. The molecule has 0 saturated carbocycles. The lowest BCUT2D eigenvalue weighted by atomic mass is 10.0. The number of nitrogens with two attached hydrogens (primary N) is 1. The second-order valence-corrected chi connectivity index (χ2v) is 6.48. The van der Waals surface area contributed by atoms with E-state index in [0.29, 0.717) is 12.5 Å². The van der Waals surface area contributed by atoms with Crippen molar-refractivity contribution in [2.45, 2.75) is 33.1 Å². The van der Waals surface area contributed by atoms with Crippen molar-refractivity contribution in [3.05, 3.63) is 57.6 Å². The molecule has 0 spiro atoms. The van der Waals surface area contributed by atoms with Gasteiger partial charge in [-0.25, -0.2) is 0 Å². The van der Waals surface area contributed by atoms with Gasteiger partial charge in [-0.15, -0.1) is 0 Å². The summed E-state index contributed by atoms with van der Waals surface area (Å²) >= 11 is 3.52. The van der Waals surface area contributed by atoms with Crippen molar-refractivity contribution in [1.82, 2.24) is 0 Å². The Balaban J connectivity index is 2.28. The van der Waals surface area contributed by atoms with E-state index in [1.807, 2.05) is 18.2 Å². The van der Waals surface area contributed by atoms with Crippen LogP contribution in [0.2, 0.25) is 0 Å². The van der Waals surface area contributed by atoms with Crippen LogP contribution in [0.15, 0.2) is 40.9 Å². The molecule has 0 aromatic heterocycles. The predicted octanol–water partition coefficient (Wildman–Crippen LogP) is 5.17. The van der Waals surface area contributed by atoms with E-state index in [1.165, 1.54) is 16.7 Å². The number of halogens is 1. The topological polar surface area (TPSA) is 35.2 Å². The van der Waals surface area contributed by atoms with Crippen LogP contribution in [-0.4, -0.2) is 6.54 Å². The average Bonchev–Trinajstić information content (AvgIpc) is 2.44.